The molecule has 0 spiro atoms. The van der Waals surface area contributed by atoms with Crippen LogP contribution in [0.2, 0.25) is 0 Å². The van der Waals surface area contributed by atoms with Gasteiger partial charge >= 0.3 is 6.03 Å². The minimum atomic E-state index is -0.203. The Morgan fingerprint density at radius 2 is 1.86 bits per heavy atom. The molecule has 0 saturated carbocycles. The summed E-state index contributed by atoms with van der Waals surface area (Å²) in [7, 11) is 1.65. The highest BCUT2D eigenvalue weighted by Gasteiger charge is 2.04. The van der Waals surface area contributed by atoms with Gasteiger partial charge in [0.1, 0.15) is 5.75 Å². The number of carbonyl (C=O) groups excluding carboxylic acids is 1. The number of amides is 2. The van der Waals surface area contributed by atoms with Gasteiger partial charge in [-0.1, -0.05) is 18.2 Å². The first-order valence-corrected chi connectivity index (χ1v) is 7.69. The number of rotatable bonds is 5. The Kier molecular flexibility index (Phi) is 5.86. The van der Waals surface area contributed by atoms with E-state index in [9.17, 15) is 4.79 Å². The summed E-state index contributed by atoms with van der Waals surface area (Å²) in [5, 5.41) is 5.64. The third-order valence-corrected chi connectivity index (χ3v) is 3.69. The topological polar surface area (TPSA) is 50.4 Å². The molecule has 0 bridgehead atoms. The van der Waals surface area contributed by atoms with Crippen LogP contribution in [0, 0.1) is 3.57 Å². The Morgan fingerprint density at radius 3 is 2.57 bits per heavy atom. The molecule has 0 aromatic heterocycles. The van der Waals surface area contributed by atoms with Gasteiger partial charge in [-0.2, -0.15) is 0 Å². The Bertz CT molecular complexity index is 599. The van der Waals surface area contributed by atoms with Crippen LogP contribution in [-0.2, 0) is 6.42 Å². The molecule has 0 aliphatic rings. The van der Waals surface area contributed by atoms with Crippen molar-refractivity contribution in [3.8, 4) is 5.75 Å². The van der Waals surface area contributed by atoms with Gasteiger partial charge in [-0.25, -0.2) is 4.79 Å². The van der Waals surface area contributed by atoms with E-state index in [2.05, 4.69) is 33.2 Å². The Balaban J connectivity index is 1.80. The van der Waals surface area contributed by atoms with Crippen LogP contribution >= 0.6 is 22.6 Å². The van der Waals surface area contributed by atoms with Gasteiger partial charge in [0.2, 0.25) is 0 Å². The van der Waals surface area contributed by atoms with Crippen LogP contribution < -0.4 is 15.4 Å². The van der Waals surface area contributed by atoms with Crippen molar-refractivity contribution in [3.05, 3.63) is 57.7 Å². The maximum atomic E-state index is 11.8. The lowest BCUT2D eigenvalue weighted by Gasteiger charge is -2.10. The number of halogens is 1. The summed E-state index contributed by atoms with van der Waals surface area (Å²) in [5.41, 5.74) is 1.86. The average Bonchev–Trinajstić information content (AvgIpc) is 2.50. The molecule has 2 aromatic carbocycles. The monoisotopic (exact) mass is 396 g/mol. The van der Waals surface area contributed by atoms with E-state index in [-0.39, 0.29) is 6.03 Å². The summed E-state index contributed by atoms with van der Waals surface area (Å²) in [5.74, 6) is 0.845. The van der Waals surface area contributed by atoms with Gasteiger partial charge in [0.15, 0.2) is 0 Å². The minimum absolute atomic E-state index is 0.203. The quantitative estimate of drug-likeness (QED) is 0.758. The molecule has 2 aromatic rings. The molecule has 0 atom stereocenters. The van der Waals surface area contributed by atoms with Crippen molar-refractivity contribution in [1.82, 2.24) is 5.32 Å². The second-order valence-electron chi connectivity index (χ2n) is 4.45. The molecular formula is C16H17IN2O2. The molecule has 0 saturated heterocycles. The van der Waals surface area contributed by atoms with E-state index in [1.54, 1.807) is 7.11 Å². The summed E-state index contributed by atoms with van der Waals surface area (Å²) in [6.45, 7) is 0.552. The smallest absolute Gasteiger partial charge is 0.319 e. The van der Waals surface area contributed by atoms with Gasteiger partial charge in [0.25, 0.3) is 0 Å². The predicted octanol–water partition coefficient (Wildman–Crippen LogP) is 3.66. The molecule has 0 unspecified atom stereocenters. The molecule has 4 nitrogen and oxygen atoms in total. The number of hydrogen-bond donors (Lipinski definition) is 2. The number of benzene rings is 2. The van der Waals surface area contributed by atoms with E-state index in [0.29, 0.717) is 6.54 Å². The standard InChI is InChI=1S/C16H17IN2O2/c1-21-15-5-3-2-4-12(15)10-11-18-16(20)19-14-8-6-13(17)7-9-14/h2-9H,10-11H2,1H3,(H2,18,19,20). The van der Waals surface area contributed by atoms with Crippen molar-refractivity contribution in [1.29, 1.82) is 0 Å². The highest BCUT2D eigenvalue weighted by atomic mass is 127. The van der Waals surface area contributed by atoms with Crippen molar-refractivity contribution >= 4 is 34.3 Å². The molecule has 5 heteroatoms. The first kappa shape index (κ1) is 15.6. The maximum Gasteiger partial charge on any atom is 0.319 e. The first-order chi connectivity index (χ1) is 10.2. The van der Waals surface area contributed by atoms with Crippen LogP contribution in [0.5, 0.6) is 5.75 Å². The third-order valence-electron chi connectivity index (χ3n) is 2.97. The number of anilines is 1. The van der Waals surface area contributed by atoms with Crippen molar-refractivity contribution in [2.24, 2.45) is 0 Å². The highest BCUT2D eigenvalue weighted by molar-refractivity contribution is 14.1. The van der Waals surface area contributed by atoms with E-state index >= 15 is 0 Å². The summed E-state index contributed by atoms with van der Waals surface area (Å²) in [4.78, 5) is 11.8. The fourth-order valence-electron chi connectivity index (χ4n) is 1.93. The van der Waals surface area contributed by atoms with E-state index < -0.39 is 0 Å². The largest absolute Gasteiger partial charge is 0.496 e. The lowest BCUT2D eigenvalue weighted by atomic mass is 10.1. The van der Waals surface area contributed by atoms with Crippen LogP contribution in [0.15, 0.2) is 48.5 Å². The Hall–Kier alpha value is -1.76. The van der Waals surface area contributed by atoms with Crippen LogP contribution in [0.1, 0.15) is 5.56 Å². The number of para-hydroxylation sites is 1. The number of hydrogen-bond acceptors (Lipinski definition) is 2. The van der Waals surface area contributed by atoms with Gasteiger partial charge < -0.3 is 15.4 Å². The molecule has 0 aliphatic carbocycles. The van der Waals surface area contributed by atoms with Gasteiger partial charge in [-0.05, 0) is 64.9 Å². The summed E-state index contributed by atoms with van der Waals surface area (Å²) >= 11 is 2.23. The predicted molar refractivity (Wildman–Crippen MR) is 92.9 cm³/mol. The molecule has 0 aliphatic heterocycles. The molecule has 2 rings (SSSR count). The van der Waals surface area contributed by atoms with E-state index in [1.807, 2.05) is 48.5 Å². The van der Waals surface area contributed by atoms with Crippen LogP contribution in [0.3, 0.4) is 0 Å². The van der Waals surface area contributed by atoms with Crippen molar-refractivity contribution in [2.45, 2.75) is 6.42 Å². The molecule has 0 radical (unpaired) electrons. The van der Waals surface area contributed by atoms with E-state index in [1.165, 1.54) is 0 Å². The maximum absolute atomic E-state index is 11.8. The first-order valence-electron chi connectivity index (χ1n) is 6.61. The van der Waals surface area contributed by atoms with E-state index in [0.717, 1.165) is 27.0 Å². The lowest BCUT2D eigenvalue weighted by molar-refractivity contribution is 0.252. The van der Waals surface area contributed by atoms with Crippen molar-refractivity contribution in [3.63, 3.8) is 0 Å². The van der Waals surface area contributed by atoms with Gasteiger partial charge in [0, 0.05) is 15.8 Å². The number of carbonyl (C=O) groups is 1. The summed E-state index contributed by atoms with van der Waals surface area (Å²) in [6.07, 6.45) is 0.726. The van der Waals surface area contributed by atoms with Gasteiger partial charge in [0.05, 0.1) is 7.11 Å². The fourth-order valence-corrected chi connectivity index (χ4v) is 2.29. The third kappa shape index (κ3) is 4.93. The molecule has 21 heavy (non-hydrogen) atoms. The highest BCUT2D eigenvalue weighted by Crippen LogP contribution is 2.17. The van der Waals surface area contributed by atoms with Gasteiger partial charge in [-0.3, -0.25) is 0 Å². The van der Waals surface area contributed by atoms with Crippen molar-refractivity contribution < 1.29 is 9.53 Å². The number of urea groups is 1. The molecule has 2 amide bonds. The summed E-state index contributed by atoms with van der Waals surface area (Å²) in [6, 6.07) is 15.3. The minimum Gasteiger partial charge on any atom is -0.496 e. The second kappa shape index (κ2) is 7.87. The lowest BCUT2D eigenvalue weighted by Crippen LogP contribution is -2.30. The molecular weight excluding hydrogens is 379 g/mol. The number of methoxy groups -OCH3 is 1. The Morgan fingerprint density at radius 1 is 1.14 bits per heavy atom. The number of nitrogens with one attached hydrogen (secondary N) is 2. The zero-order chi connectivity index (χ0) is 15.1. The SMILES string of the molecule is COc1ccccc1CCNC(=O)Nc1ccc(I)cc1. The summed E-state index contributed by atoms with van der Waals surface area (Å²) < 4.78 is 6.41. The Labute approximate surface area is 138 Å². The normalized spacial score (nSPS) is 10.0. The zero-order valence-corrected chi connectivity index (χ0v) is 13.9. The van der Waals surface area contributed by atoms with Crippen LogP contribution in [-0.4, -0.2) is 19.7 Å². The second-order valence-corrected chi connectivity index (χ2v) is 5.70. The van der Waals surface area contributed by atoms with Crippen LogP contribution in [0.25, 0.3) is 0 Å². The van der Waals surface area contributed by atoms with Crippen LogP contribution in [0.4, 0.5) is 10.5 Å². The molecule has 0 fully saturated rings. The fraction of sp³-hybridized carbons (Fsp3) is 0.188. The molecule has 110 valence electrons. The van der Waals surface area contributed by atoms with Gasteiger partial charge in [-0.15, -0.1) is 0 Å². The van der Waals surface area contributed by atoms with E-state index in [4.69, 9.17) is 4.74 Å². The molecule has 0 heterocycles. The number of ether oxygens (including phenoxy) is 1. The average molecular weight is 396 g/mol. The van der Waals surface area contributed by atoms with Crippen molar-refractivity contribution in [2.75, 3.05) is 19.0 Å². The molecule has 2 N–H and O–H groups in total. The zero-order valence-electron chi connectivity index (χ0n) is 11.7.